The van der Waals surface area contributed by atoms with E-state index in [1.165, 1.54) is 13.2 Å². The van der Waals surface area contributed by atoms with E-state index in [0.29, 0.717) is 5.57 Å². The van der Waals surface area contributed by atoms with Crippen LogP contribution in [0.15, 0.2) is 48.7 Å². The highest BCUT2D eigenvalue weighted by molar-refractivity contribution is 5.96. The molecule has 0 unspecified atom stereocenters. The average Bonchev–Trinajstić information content (AvgIpc) is 2.26. The fourth-order valence-corrected chi connectivity index (χ4v) is 1.27. The molecule has 1 aromatic rings. The van der Waals surface area contributed by atoms with Crippen molar-refractivity contribution in [1.82, 2.24) is 0 Å². The second-order valence-electron chi connectivity index (χ2n) is 2.82. The van der Waals surface area contributed by atoms with Gasteiger partial charge in [-0.1, -0.05) is 43.0 Å². The molecule has 0 bridgehead atoms. The normalized spacial score (nSPS) is 11.5. The van der Waals surface area contributed by atoms with Crippen LogP contribution < -0.4 is 0 Å². The van der Waals surface area contributed by atoms with E-state index >= 15 is 0 Å². The van der Waals surface area contributed by atoms with Gasteiger partial charge in [0, 0.05) is 5.57 Å². The highest BCUT2D eigenvalue weighted by atomic mass is 16.5. The number of carboxylic acids is 1. The molecule has 3 nitrogen and oxygen atoms in total. The van der Waals surface area contributed by atoms with Gasteiger partial charge in [-0.2, -0.15) is 0 Å². The van der Waals surface area contributed by atoms with Crippen molar-refractivity contribution in [1.29, 1.82) is 0 Å². The fourth-order valence-electron chi connectivity index (χ4n) is 1.27. The second-order valence-corrected chi connectivity index (χ2v) is 2.82. The van der Waals surface area contributed by atoms with Gasteiger partial charge in [-0.15, -0.1) is 0 Å². The number of aliphatic carboxylic acids is 1. The Balaban J connectivity index is 3.29. The van der Waals surface area contributed by atoms with Gasteiger partial charge in [-0.05, 0) is 5.56 Å². The molecule has 1 aromatic carbocycles. The third kappa shape index (κ3) is 2.47. The lowest BCUT2D eigenvalue weighted by atomic mass is 10.0. The van der Waals surface area contributed by atoms with Crippen LogP contribution in [0.5, 0.6) is 0 Å². The predicted molar refractivity (Wildman–Crippen MR) is 58.2 cm³/mol. The van der Waals surface area contributed by atoms with Gasteiger partial charge >= 0.3 is 5.97 Å². The maximum Gasteiger partial charge on any atom is 0.371 e. The lowest BCUT2D eigenvalue weighted by molar-refractivity contribution is -0.135. The van der Waals surface area contributed by atoms with Crippen molar-refractivity contribution in [2.24, 2.45) is 0 Å². The summed E-state index contributed by atoms with van der Waals surface area (Å²) in [6, 6.07) is 9.12. The van der Waals surface area contributed by atoms with Gasteiger partial charge < -0.3 is 9.84 Å². The van der Waals surface area contributed by atoms with Crippen LogP contribution in [-0.4, -0.2) is 18.2 Å². The molecule has 0 saturated heterocycles. The van der Waals surface area contributed by atoms with Crippen LogP contribution in [0.25, 0.3) is 5.57 Å². The predicted octanol–water partition coefficient (Wildman–Crippen LogP) is 2.31. The summed E-state index contributed by atoms with van der Waals surface area (Å²) in [5.41, 5.74) is 1.25. The Morgan fingerprint density at radius 2 is 2.00 bits per heavy atom. The first-order valence-corrected chi connectivity index (χ1v) is 4.40. The molecule has 0 aliphatic heterocycles. The quantitative estimate of drug-likeness (QED) is 0.465. The number of allylic oxidation sites excluding steroid dienone is 2. The number of rotatable bonds is 4. The summed E-state index contributed by atoms with van der Waals surface area (Å²) >= 11 is 0. The zero-order valence-corrected chi connectivity index (χ0v) is 8.43. The number of methoxy groups -OCH3 is 1. The van der Waals surface area contributed by atoms with Crippen molar-refractivity contribution in [3.63, 3.8) is 0 Å². The first-order valence-electron chi connectivity index (χ1n) is 4.40. The van der Waals surface area contributed by atoms with E-state index in [0.717, 1.165) is 5.56 Å². The Bertz CT molecular complexity index is 391. The van der Waals surface area contributed by atoms with E-state index in [1.54, 1.807) is 12.1 Å². The molecule has 3 heteroatoms. The molecule has 0 heterocycles. The zero-order valence-electron chi connectivity index (χ0n) is 8.43. The van der Waals surface area contributed by atoms with Crippen LogP contribution in [-0.2, 0) is 9.53 Å². The van der Waals surface area contributed by atoms with E-state index in [9.17, 15) is 4.79 Å². The third-order valence-electron chi connectivity index (χ3n) is 1.93. The summed E-state index contributed by atoms with van der Waals surface area (Å²) in [6.07, 6.45) is 1.47. The molecule has 0 saturated carbocycles. The summed E-state index contributed by atoms with van der Waals surface area (Å²) in [6.45, 7) is 3.59. The average molecular weight is 204 g/mol. The Morgan fingerprint density at radius 3 is 2.40 bits per heavy atom. The van der Waals surface area contributed by atoms with Crippen LogP contribution in [0.2, 0.25) is 0 Å². The summed E-state index contributed by atoms with van der Waals surface area (Å²) in [5, 5.41) is 8.91. The molecule has 0 amide bonds. The summed E-state index contributed by atoms with van der Waals surface area (Å²) < 4.78 is 4.83. The van der Waals surface area contributed by atoms with Crippen LogP contribution in [0.3, 0.4) is 0 Å². The van der Waals surface area contributed by atoms with Gasteiger partial charge in [0.15, 0.2) is 0 Å². The smallest absolute Gasteiger partial charge is 0.371 e. The lowest BCUT2D eigenvalue weighted by Crippen LogP contribution is -2.05. The van der Waals surface area contributed by atoms with E-state index < -0.39 is 5.97 Å². The van der Waals surface area contributed by atoms with Crippen molar-refractivity contribution >= 4 is 11.5 Å². The number of hydrogen-bond acceptors (Lipinski definition) is 2. The van der Waals surface area contributed by atoms with Crippen LogP contribution >= 0.6 is 0 Å². The molecule has 0 aliphatic rings. The number of carboxylic acid groups (broad SMARTS) is 1. The first-order chi connectivity index (χ1) is 7.20. The Kier molecular flexibility index (Phi) is 3.68. The Morgan fingerprint density at radius 1 is 1.40 bits per heavy atom. The molecular formula is C12H12O3. The molecule has 1 rings (SSSR count). The van der Waals surface area contributed by atoms with E-state index in [-0.39, 0.29) is 5.76 Å². The van der Waals surface area contributed by atoms with Crippen molar-refractivity contribution in [2.75, 3.05) is 7.11 Å². The van der Waals surface area contributed by atoms with Crippen molar-refractivity contribution in [3.05, 3.63) is 54.3 Å². The molecule has 0 atom stereocenters. The van der Waals surface area contributed by atoms with Gasteiger partial charge in [-0.3, -0.25) is 0 Å². The van der Waals surface area contributed by atoms with Crippen LogP contribution in [0, 0.1) is 0 Å². The molecule has 0 aliphatic carbocycles. The maximum atomic E-state index is 10.9. The number of carbonyl (C=O) groups is 1. The van der Waals surface area contributed by atoms with Gasteiger partial charge in [0.1, 0.15) is 0 Å². The second kappa shape index (κ2) is 5.00. The van der Waals surface area contributed by atoms with E-state index in [4.69, 9.17) is 9.84 Å². The number of hydrogen-bond donors (Lipinski definition) is 1. The summed E-state index contributed by atoms with van der Waals surface area (Å²) in [7, 11) is 1.33. The first kappa shape index (κ1) is 11.0. The van der Waals surface area contributed by atoms with Crippen LogP contribution in [0.4, 0.5) is 0 Å². The van der Waals surface area contributed by atoms with Gasteiger partial charge in [0.2, 0.25) is 5.76 Å². The van der Waals surface area contributed by atoms with Gasteiger partial charge in [0.05, 0.1) is 7.11 Å². The Labute approximate surface area is 88.3 Å². The largest absolute Gasteiger partial charge is 0.489 e. The summed E-state index contributed by atoms with van der Waals surface area (Å²) in [5.74, 6) is -1.20. The minimum atomic E-state index is -1.10. The van der Waals surface area contributed by atoms with Crippen molar-refractivity contribution in [3.8, 4) is 0 Å². The molecular weight excluding hydrogens is 192 g/mol. The van der Waals surface area contributed by atoms with Crippen molar-refractivity contribution < 1.29 is 14.6 Å². The minimum absolute atomic E-state index is 0.101. The summed E-state index contributed by atoms with van der Waals surface area (Å²) in [4.78, 5) is 10.9. The molecule has 0 radical (unpaired) electrons. The van der Waals surface area contributed by atoms with E-state index in [2.05, 4.69) is 6.58 Å². The molecule has 15 heavy (non-hydrogen) atoms. The monoisotopic (exact) mass is 204 g/mol. The lowest BCUT2D eigenvalue weighted by Gasteiger charge is -2.07. The number of benzene rings is 1. The van der Waals surface area contributed by atoms with Crippen LogP contribution in [0.1, 0.15) is 5.56 Å². The van der Waals surface area contributed by atoms with Crippen molar-refractivity contribution in [2.45, 2.75) is 0 Å². The van der Waals surface area contributed by atoms with Gasteiger partial charge in [-0.25, -0.2) is 4.79 Å². The highest BCUT2D eigenvalue weighted by Gasteiger charge is 2.13. The molecule has 78 valence electrons. The Hall–Kier alpha value is -2.03. The molecule has 0 aromatic heterocycles. The minimum Gasteiger partial charge on any atom is -0.489 e. The topological polar surface area (TPSA) is 46.5 Å². The fraction of sp³-hybridized carbons (Fsp3) is 0.0833. The molecule has 0 spiro atoms. The molecule has 0 fully saturated rings. The van der Waals surface area contributed by atoms with Gasteiger partial charge in [0.25, 0.3) is 0 Å². The SMILES string of the molecule is C=CC(=C(OC)C(=O)O)c1ccccc1. The number of ether oxygens (including phenoxy) is 1. The maximum absolute atomic E-state index is 10.9. The highest BCUT2D eigenvalue weighted by Crippen LogP contribution is 2.20. The zero-order chi connectivity index (χ0) is 11.3. The van der Waals surface area contributed by atoms with E-state index in [1.807, 2.05) is 18.2 Å². The molecule has 1 N–H and O–H groups in total. The standard InChI is InChI=1S/C12H12O3/c1-3-10(11(15-2)12(13)14)9-7-5-4-6-8-9/h3-8H,1H2,2H3,(H,13,14). The third-order valence-corrected chi connectivity index (χ3v) is 1.93.